The van der Waals surface area contributed by atoms with E-state index in [2.05, 4.69) is 67.7 Å². The number of nitrogens with zero attached hydrogens (tertiary/aromatic N) is 1. The Morgan fingerprint density at radius 3 is 2.16 bits per heavy atom. The van der Waals surface area contributed by atoms with Crippen LogP contribution >= 0.6 is 0 Å². The fourth-order valence-corrected chi connectivity index (χ4v) is 1.78. The van der Waals surface area contributed by atoms with Gasteiger partial charge in [-0.05, 0) is 36.1 Å². The minimum atomic E-state index is 0.566. The average molecular weight is 252 g/mol. The summed E-state index contributed by atoms with van der Waals surface area (Å²) in [5.41, 5.74) is 7.73. The molecule has 0 unspecified atom stereocenters. The Bertz CT molecular complexity index is 536. The second-order valence-corrected chi connectivity index (χ2v) is 5.06. The van der Waals surface area contributed by atoms with E-state index in [4.69, 9.17) is 0 Å². The summed E-state index contributed by atoms with van der Waals surface area (Å²) in [6, 6.07) is 16.7. The van der Waals surface area contributed by atoms with Crippen LogP contribution in [0.3, 0.4) is 0 Å². The largest absolute Gasteiger partial charge is 0.279 e. The molecule has 0 heterocycles. The predicted octanol–water partition coefficient (Wildman–Crippen LogP) is 4.56. The highest BCUT2D eigenvalue weighted by Crippen LogP contribution is 2.14. The summed E-state index contributed by atoms with van der Waals surface area (Å²) in [5, 5.41) is 4.24. The van der Waals surface area contributed by atoms with Gasteiger partial charge in [-0.3, -0.25) is 5.43 Å². The van der Waals surface area contributed by atoms with Gasteiger partial charge < -0.3 is 0 Å². The van der Waals surface area contributed by atoms with Crippen LogP contribution in [-0.4, -0.2) is 6.21 Å². The van der Waals surface area contributed by atoms with Crippen LogP contribution in [0, 0.1) is 6.92 Å². The third kappa shape index (κ3) is 3.95. The Kier molecular flexibility index (Phi) is 4.35. The van der Waals surface area contributed by atoms with E-state index in [1.54, 1.807) is 0 Å². The van der Waals surface area contributed by atoms with Gasteiger partial charge in [-0.1, -0.05) is 55.8 Å². The minimum Gasteiger partial charge on any atom is -0.279 e. The molecule has 0 spiro atoms. The van der Waals surface area contributed by atoms with Crippen LogP contribution in [0.1, 0.15) is 36.5 Å². The van der Waals surface area contributed by atoms with Crippen molar-refractivity contribution in [3.63, 3.8) is 0 Å². The van der Waals surface area contributed by atoms with Crippen LogP contribution in [0.15, 0.2) is 53.6 Å². The topological polar surface area (TPSA) is 24.4 Å². The molecule has 98 valence electrons. The molecule has 2 nitrogen and oxygen atoms in total. The van der Waals surface area contributed by atoms with E-state index in [-0.39, 0.29) is 0 Å². The summed E-state index contributed by atoms with van der Waals surface area (Å²) < 4.78 is 0. The van der Waals surface area contributed by atoms with E-state index in [0.29, 0.717) is 5.92 Å². The van der Waals surface area contributed by atoms with Gasteiger partial charge in [0.15, 0.2) is 0 Å². The van der Waals surface area contributed by atoms with E-state index in [1.165, 1.54) is 11.1 Å². The van der Waals surface area contributed by atoms with E-state index in [9.17, 15) is 0 Å². The third-order valence-electron chi connectivity index (χ3n) is 3.06. The second kappa shape index (κ2) is 6.19. The molecule has 0 aliphatic heterocycles. The van der Waals surface area contributed by atoms with Gasteiger partial charge in [0.2, 0.25) is 0 Å². The third-order valence-corrected chi connectivity index (χ3v) is 3.06. The predicted molar refractivity (Wildman–Crippen MR) is 82.9 cm³/mol. The molecular weight excluding hydrogens is 232 g/mol. The minimum absolute atomic E-state index is 0.566. The number of anilines is 1. The molecular formula is C17H20N2. The van der Waals surface area contributed by atoms with Gasteiger partial charge in [-0.15, -0.1) is 0 Å². The van der Waals surface area contributed by atoms with Crippen molar-refractivity contribution in [3.8, 4) is 0 Å². The second-order valence-electron chi connectivity index (χ2n) is 5.06. The average Bonchev–Trinajstić information content (AvgIpc) is 2.41. The molecule has 0 aliphatic carbocycles. The fourth-order valence-electron chi connectivity index (χ4n) is 1.78. The molecule has 0 aliphatic rings. The lowest BCUT2D eigenvalue weighted by Crippen LogP contribution is -1.92. The van der Waals surface area contributed by atoms with E-state index < -0.39 is 0 Å². The van der Waals surface area contributed by atoms with Gasteiger partial charge in [0.1, 0.15) is 0 Å². The van der Waals surface area contributed by atoms with Crippen molar-refractivity contribution >= 4 is 11.9 Å². The van der Waals surface area contributed by atoms with Crippen molar-refractivity contribution in [2.75, 3.05) is 5.43 Å². The first-order valence-corrected chi connectivity index (χ1v) is 6.61. The smallest absolute Gasteiger partial charge is 0.0561 e. The van der Waals surface area contributed by atoms with Crippen LogP contribution in [0.5, 0.6) is 0 Å². The van der Waals surface area contributed by atoms with Crippen molar-refractivity contribution < 1.29 is 0 Å². The van der Waals surface area contributed by atoms with Crippen molar-refractivity contribution in [3.05, 3.63) is 65.2 Å². The Balaban J connectivity index is 1.97. The highest BCUT2D eigenvalue weighted by atomic mass is 15.3. The standard InChI is InChI=1S/C17H20N2/c1-13(2)16-8-6-15(7-9-16)12-18-19-17-10-4-14(3)5-11-17/h4-13,19H,1-3H3/b18-12+. The summed E-state index contributed by atoms with van der Waals surface area (Å²) in [7, 11) is 0. The molecule has 1 N–H and O–H groups in total. The van der Waals surface area contributed by atoms with E-state index in [0.717, 1.165) is 11.3 Å². The van der Waals surface area contributed by atoms with Crippen LogP contribution in [-0.2, 0) is 0 Å². The van der Waals surface area contributed by atoms with Crippen molar-refractivity contribution in [1.82, 2.24) is 0 Å². The molecule has 0 fully saturated rings. The normalized spacial score (nSPS) is 11.2. The van der Waals surface area contributed by atoms with Crippen LogP contribution < -0.4 is 5.43 Å². The maximum atomic E-state index is 4.24. The number of hydrazone groups is 1. The van der Waals surface area contributed by atoms with Gasteiger partial charge >= 0.3 is 0 Å². The van der Waals surface area contributed by atoms with Gasteiger partial charge in [0.05, 0.1) is 11.9 Å². The highest BCUT2D eigenvalue weighted by Gasteiger charge is 1.97. The maximum absolute atomic E-state index is 4.24. The SMILES string of the molecule is Cc1ccc(N/N=C/c2ccc(C(C)C)cc2)cc1. The summed E-state index contributed by atoms with van der Waals surface area (Å²) >= 11 is 0. The zero-order valence-corrected chi connectivity index (χ0v) is 11.7. The molecule has 2 aromatic carbocycles. The van der Waals surface area contributed by atoms with Crippen molar-refractivity contribution in [2.45, 2.75) is 26.7 Å². The molecule has 0 saturated heterocycles. The quantitative estimate of drug-likeness (QED) is 0.626. The molecule has 0 bridgehead atoms. The van der Waals surface area contributed by atoms with E-state index >= 15 is 0 Å². The van der Waals surface area contributed by atoms with Crippen LogP contribution in [0.2, 0.25) is 0 Å². The number of hydrogen-bond donors (Lipinski definition) is 1. The maximum Gasteiger partial charge on any atom is 0.0561 e. The molecule has 2 rings (SSSR count). The fraction of sp³-hybridized carbons (Fsp3) is 0.235. The molecule has 0 radical (unpaired) electrons. The van der Waals surface area contributed by atoms with Crippen LogP contribution in [0.4, 0.5) is 5.69 Å². The lowest BCUT2D eigenvalue weighted by Gasteiger charge is -2.04. The van der Waals surface area contributed by atoms with Crippen LogP contribution in [0.25, 0.3) is 0 Å². The molecule has 0 aromatic heterocycles. The summed E-state index contributed by atoms with van der Waals surface area (Å²) in [4.78, 5) is 0. The first kappa shape index (κ1) is 13.3. The molecule has 0 amide bonds. The van der Waals surface area contributed by atoms with E-state index in [1.807, 2.05) is 18.3 Å². The summed E-state index contributed by atoms with van der Waals surface area (Å²) in [6.45, 7) is 6.47. The molecule has 0 saturated carbocycles. The zero-order chi connectivity index (χ0) is 13.7. The Morgan fingerprint density at radius 2 is 1.58 bits per heavy atom. The number of benzene rings is 2. The molecule has 19 heavy (non-hydrogen) atoms. The Labute approximate surface area is 115 Å². The molecule has 2 heteroatoms. The van der Waals surface area contributed by atoms with Gasteiger partial charge in [0, 0.05) is 0 Å². The first-order chi connectivity index (χ1) is 9.15. The van der Waals surface area contributed by atoms with Crippen molar-refractivity contribution in [2.24, 2.45) is 5.10 Å². The zero-order valence-electron chi connectivity index (χ0n) is 11.7. The molecule has 2 aromatic rings. The Hall–Kier alpha value is -2.09. The van der Waals surface area contributed by atoms with Crippen molar-refractivity contribution in [1.29, 1.82) is 0 Å². The summed E-state index contributed by atoms with van der Waals surface area (Å²) in [5.74, 6) is 0.566. The number of rotatable bonds is 4. The molecule has 0 atom stereocenters. The number of hydrogen-bond acceptors (Lipinski definition) is 2. The monoisotopic (exact) mass is 252 g/mol. The lowest BCUT2D eigenvalue weighted by atomic mass is 10.0. The first-order valence-electron chi connectivity index (χ1n) is 6.61. The lowest BCUT2D eigenvalue weighted by molar-refractivity contribution is 0.866. The van der Waals surface area contributed by atoms with Gasteiger partial charge in [0.25, 0.3) is 0 Å². The van der Waals surface area contributed by atoms with Gasteiger partial charge in [-0.2, -0.15) is 5.10 Å². The number of aryl methyl sites for hydroxylation is 1. The van der Waals surface area contributed by atoms with Gasteiger partial charge in [-0.25, -0.2) is 0 Å². The highest BCUT2D eigenvalue weighted by molar-refractivity contribution is 5.80. The number of nitrogens with one attached hydrogen (secondary N) is 1. The Morgan fingerprint density at radius 1 is 0.947 bits per heavy atom. The summed E-state index contributed by atoms with van der Waals surface area (Å²) in [6.07, 6.45) is 1.84.